The predicted molar refractivity (Wildman–Crippen MR) is 112 cm³/mol. The van der Waals surface area contributed by atoms with Gasteiger partial charge >= 0.3 is 0 Å². The third-order valence-corrected chi connectivity index (χ3v) is 7.34. The summed E-state index contributed by atoms with van der Waals surface area (Å²) < 4.78 is 1.72. The van der Waals surface area contributed by atoms with Gasteiger partial charge in [0.2, 0.25) is 0 Å². The summed E-state index contributed by atoms with van der Waals surface area (Å²) in [6.07, 6.45) is 3.12. The van der Waals surface area contributed by atoms with Crippen LogP contribution in [0.4, 0.5) is 0 Å². The first kappa shape index (κ1) is 18.3. The fourth-order valence-electron chi connectivity index (χ4n) is 3.51. The van der Waals surface area contributed by atoms with Crippen molar-refractivity contribution in [2.45, 2.75) is 38.3 Å². The summed E-state index contributed by atoms with van der Waals surface area (Å²) in [6, 6.07) is 11.9. The second-order valence-electron chi connectivity index (χ2n) is 7.24. The van der Waals surface area contributed by atoms with E-state index in [4.69, 9.17) is 10.2 Å². The number of nitrogens with zero attached hydrogens (tertiary/aromatic N) is 3. The topological polar surface area (TPSA) is 58.7 Å². The molecule has 138 valence electrons. The van der Waals surface area contributed by atoms with Gasteiger partial charge in [-0.25, -0.2) is 4.98 Å². The van der Waals surface area contributed by atoms with Crippen LogP contribution in [0.25, 0.3) is 15.9 Å². The number of rotatable bonds is 4. The van der Waals surface area contributed by atoms with E-state index >= 15 is 0 Å². The van der Waals surface area contributed by atoms with E-state index in [1.54, 1.807) is 15.9 Å². The Morgan fingerprint density at radius 2 is 2.19 bits per heavy atom. The molecule has 0 N–H and O–H groups in total. The van der Waals surface area contributed by atoms with Crippen LogP contribution < -0.4 is 5.56 Å². The van der Waals surface area contributed by atoms with Gasteiger partial charge in [-0.05, 0) is 49.8 Å². The zero-order valence-corrected chi connectivity index (χ0v) is 17.1. The third kappa shape index (κ3) is 3.42. The second-order valence-corrected chi connectivity index (χ2v) is 9.31. The third-order valence-electron chi connectivity index (χ3n) is 5.00. The molecule has 0 saturated carbocycles. The highest BCUT2D eigenvalue weighted by Gasteiger charge is 2.25. The molecule has 3 aromatic rings. The van der Waals surface area contributed by atoms with Gasteiger partial charge in [0.15, 0.2) is 5.16 Å². The average Bonchev–Trinajstić information content (AvgIpc) is 3.04. The van der Waals surface area contributed by atoms with E-state index in [1.165, 1.54) is 22.2 Å². The number of para-hydroxylation sites is 1. The molecule has 27 heavy (non-hydrogen) atoms. The van der Waals surface area contributed by atoms with E-state index in [1.807, 2.05) is 37.3 Å². The van der Waals surface area contributed by atoms with Crippen molar-refractivity contribution in [3.8, 4) is 11.8 Å². The highest BCUT2D eigenvalue weighted by Crippen LogP contribution is 2.37. The van der Waals surface area contributed by atoms with Crippen LogP contribution in [0, 0.1) is 23.2 Å². The Morgan fingerprint density at radius 3 is 2.93 bits per heavy atom. The molecule has 0 fully saturated rings. The molecular weight excluding hydrogens is 374 g/mol. The fourth-order valence-corrected chi connectivity index (χ4v) is 5.89. The van der Waals surface area contributed by atoms with Crippen molar-refractivity contribution < 1.29 is 0 Å². The van der Waals surface area contributed by atoms with Crippen LogP contribution in [-0.2, 0) is 12.8 Å². The minimum Gasteiger partial charge on any atom is -0.268 e. The Kier molecular flexibility index (Phi) is 5.07. The van der Waals surface area contributed by atoms with E-state index in [-0.39, 0.29) is 11.5 Å². The van der Waals surface area contributed by atoms with Gasteiger partial charge in [-0.2, -0.15) is 5.26 Å². The van der Waals surface area contributed by atoms with Gasteiger partial charge < -0.3 is 0 Å². The number of thioether (sulfide) groups is 1. The quantitative estimate of drug-likeness (QED) is 0.469. The highest BCUT2D eigenvalue weighted by molar-refractivity contribution is 7.99. The number of hydrogen-bond acceptors (Lipinski definition) is 5. The molecule has 2 heterocycles. The number of fused-ring (bicyclic) bond motifs is 3. The van der Waals surface area contributed by atoms with Gasteiger partial charge in [0, 0.05) is 10.6 Å². The summed E-state index contributed by atoms with van der Waals surface area (Å²) in [4.78, 5) is 20.6. The molecule has 2 atom stereocenters. The Labute approximate surface area is 166 Å². The molecule has 0 amide bonds. The minimum atomic E-state index is -0.0933. The molecule has 4 rings (SSSR count). The molecule has 0 bridgehead atoms. The van der Waals surface area contributed by atoms with Crippen molar-refractivity contribution in [1.29, 1.82) is 5.26 Å². The van der Waals surface area contributed by atoms with E-state index in [9.17, 15) is 4.79 Å². The van der Waals surface area contributed by atoms with Crippen molar-refractivity contribution in [2.75, 3.05) is 5.75 Å². The van der Waals surface area contributed by atoms with E-state index in [0.29, 0.717) is 16.8 Å². The Hall–Kier alpha value is -2.10. The normalized spacial score (nSPS) is 17.4. The molecule has 0 aliphatic heterocycles. The van der Waals surface area contributed by atoms with Crippen molar-refractivity contribution in [3.05, 3.63) is 51.1 Å². The lowest BCUT2D eigenvalue weighted by atomic mass is 9.89. The van der Waals surface area contributed by atoms with Crippen molar-refractivity contribution in [3.63, 3.8) is 0 Å². The van der Waals surface area contributed by atoms with Gasteiger partial charge in [0.05, 0.1) is 23.1 Å². The molecule has 4 nitrogen and oxygen atoms in total. The van der Waals surface area contributed by atoms with Crippen molar-refractivity contribution >= 4 is 33.3 Å². The molecule has 1 aliphatic rings. The molecule has 1 aliphatic carbocycles. The smallest absolute Gasteiger partial charge is 0.267 e. The number of hydrogen-bond donors (Lipinski definition) is 0. The summed E-state index contributed by atoms with van der Waals surface area (Å²) in [6.45, 7) is 4.16. The number of aromatic nitrogens is 2. The first-order chi connectivity index (χ1) is 13.1. The predicted octanol–water partition coefficient (Wildman–Crippen LogP) is 4.82. The van der Waals surface area contributed by atoms with E-state index in [2.05, 4.69) is 13.0 Å². The van der Waals surface area contributed by atoms with Crippen LogP contribution in [0.3, 0.4) is 0 Å². The molecule has 6 heteroatoms. The van der Waals surface area contributed by atoms with Crippen LogP contribution in [0.2, 0.25) is 0 Å². The number of aryl methyl sites for hydroxylation is 1. The molecule has 0 radical (unpaired) electrons. The van der Waals surface area contributed by atoms with Gasteiger partial charge in [0.25, 0.3) is 5.56 Å². The van der Waals surface area contributed by atoms with Crippen molar-refractivity contribution in [2.24, 2.45) is 11.8 Å². The maximum Gasteiger partial charge on any atom is 0.267 e. The lowest BCUT2D eigenvalue weighted by molar-refractivity contribution is 0.509. The van der Waals surface area contributed by atoms with Crippen LogP contribution >= 0.6 is 23.1 Å². The van der Waals surface area contributed by atoms with Gasteiger partial charge in [0.1, 0.15) is 4.83 Å². The van der Waals surface area contributed by atoms with Gasteiger partial charge in [-0.1, -0.05) is 36.9 Å². The Morgan fingerprint density at radius 1 is 1.41 bits per heavy atom. The molecular formula is C21H21N3OS2. The minimum absolute atomic E-state index is 0.0189. The standard InChI is InChI=1S/C21H21N3OS2/c1-13-8-9-16-17(10-13)27-19-18(16)20(25)24(15-6-4-3-5-7-15)21(23-19)26-12-14(2)11-22/h3-7,13-14H,8-10,12H2,1-2H3/t13-,14+/m1/s1. The lowest BCUT2D eigenvalue weighted by Gasteiger charge is -2.18. The fraction of sp³-hybridized carbons (Fsp3) is 0.381. The molecule has 2 aromatic heterocycles. The monoisotopic (exact) mass is 395 g/mol. The first-order valence-corrected chi connectivity index (χ1v) is 11.0. The SMILES string of the molecule is C[C@@H]1CCc2c(sc3nc(SC[C@@H](C)C#N)n(-c4ccccc4)c(=O)c23)C1. The molecule has 0 unspecified atom stereocenters. The van der Waals surface area contributed by atoms with Crippen LogP contribution in [0.5, 0.6) is 0 Å². The van der Waals surface area contributed by atoms with Gasteiger partial charge in [-0.15, -0.1) is 11.3 Å². The number of nitriles is 1. The maximum absolute atomic E-state index is 13.5. The first-order valence-electron chi connectivity index (χ1n) is 9.23. The van der Waals surface area contributed by atoms with Crippen LogP contribution in [0.1, 0.15) is 30.7 Å². The number of benzene rings is 1. The van der Waals surface area contributed by atoms with E-state index < -0.39 is 0 Å². The van der Waals surface area contributed by atoms with E-state index in [0.717, 1.165) is 35.2 Å². The highest BCUT2D eigenvalue weighted by atomic mass is 32.2. The molecule has 1 aromatic carbocycles. The number of thiophene rings is 1. The molecule has 0 spiro atoms. The van der Waals surface area contributed by atoms with Gasteiger partial charge in [-0.3, -0.25) is 9.36 Å². The van der Waals surface area contributed by atoms with Crippen LogP contribution in [0.15, 0.2) is 40.3 Å². The lowest BCUT2D eigenvalue weighted by Crippen LogP contribution is -2.22. The summed E-state index contributed by atoms with van der Waals surface area (Å²) in [7, 11) is 0. The summed E-state index contributed by atoms with van der Waals surface area (Å²) >= 11 is 3.16. The Balaban J connectivity index is 1.92. The zero-order chi connectivity index (χ0) is 19.0. The second kappa shape index (κ2) is 7.49. The average molecular weight is 396 g/mol. The maximum atomic E-state index is 13.5. The van der Waals surface area contributed by atoms with Crippen LogP contribution in [-0.4, -0.2) is 15.3 Å². The molecule has 0 saturated heterocycles. The van der Waals surface area contributed by atoms with Crippen molar-refractivity contribution in [1.82, 2.24) is 9.55 Å². The summed E-state index contributed by atoms with van der Waals surface area (Å²) in [5.41, 5.74) is 2.05. The zero-order valence-electron chi connectivity index (χ0n) is 15.4. The largest absolute Gasteiger partial charge is 0.268 e. The summed E-state index contributed by atoms with van der Waals surface area (Å²) in [5.74, 6) is 1.18. The summed E-state index contributed by atoms with van der Waals surface area (Å²) in [5, 5.41) is 10.6. The Bertz CT molecular complexity index is 1080.